The lowest BCUT2D eigenvalue weighted by Gasteiger charge is -2.06. The number of ether oxygens (including phenoxy) is 1. The van der Waals surface area contributed by atoms with E-state index in [4.69, 9.17) is 16.3 Å². The fraction of sp³-hybridized carbons (Fsp3) is 0.0769. The Morgan fingerprint density at radius 2 is 2.18 bits per heavy atom. The van der Waals surface area contributed by atoms with Gasteiger partial charge in [-0.1, -0.05) is 23.7 Å². The average molecular weight is 248 g/mol. The van der Waals surface area contributed by atoms with Gasteiger partial charge in [-0.15, -0.1) is 0 Å². The number of halogens is 1. The number of aldehydes is 1. The van der Waals surface area contributed by atoms with Crippen LogP contribution in [0.4, 0.5) is 0 Å². The SMILES string of the molecule is O=Cc1ccc(OCc2cccc(Cl)c2)cn1. The van der Waals surface area contributed by atoms with Gasteiger partial charge in [-0.3, -0.25) is 4.79 Å². The lowest BCUT2D eigenvalue weighted by Crippen LogP contribution is -1.96. The number of nitrogens with zero attached hydrogens (tertiary/aromatic N) is 1. The van der Waals surface area contributed by atoms with Crippen molar-refractivity contribution in [3.63, 3.8) is 0 Å². The maximum absolute atomic E-state index is 10.4. The van der Waals surface area contributed by atoms with Gasteiger partial charge in [-0.05, 0) is 29.8 Å². The Hall–Kier alpha value is -1.87. The van der Waals surface area contributed by atoms with Crippen molar-refractivity contribution in [1.29, 1.82) is 0 Å². The van der Waals surface area contributed by atoms with E-state index in [1.54, 1.807) is 12.1 Å². The van der Waals surface area contributed by atoms with Crippen LogP contribution in [0.15, 0.2) is 42.6 Å². The number of carbonyl (C=O) groups excluding carboxylic acids is 1. The second-order valence-corrected chi connectivity index (χ2v) is 3.89. The molecule has 0 radical (unpaired) electrons. The topological polar surface area (TPSA) is 39.2 Å². The molecule has 0 N–H and O–H groups in total. The quantitative estimate of drug-likeness (QED) is 0.780. The second-order valence-electron chi connectivity index (χ2n) is 3.46. The van der Waals surface area contributed by atoms with Crippen molar-refractivity contribution in [2.75, 3.05) is 0 Å². The van der Waals surface area contributed by atoms with E-state index >= 15 is 0 Å². The van der Waals surface area contributed by atoms with Crippen LogP contribution in [0.1, 0.15) is 16.1 Å². The first-order valence-corrected chi connectivity index (χ1v) is 5.44. The van der Waals surface area contributed by atoms with Crippen molar-refractivity contribution in [1.82, 2.24) is 4.98 Å². The third-order valence-electron chi connectivity index (χ3n) is 2.17. The standard InChI is InChI=1S/C13H10ClNO2/c14-11-3-1-2-10(6-11)9-17-13-5-4-12(8-16)15-7-13/h1-8H,9H2. The van der Waals surface area contributed by atoms with E-state index in [-0.39, 0.29) is 0 Å². The Bertz CT molecular complexity index is 511. The van der Waals surface area contributed by atoms with Crippen LogP contribution < -0.4 is 4.74 Å². The number of benzene rings is 1. The number of aromatic nitrogens is 1. The zero-order valence-electron chi connectivity index (χ0n) is 8.97. The van der Waals surface area contributed by atoms with Crippen LogP contribution in [0.2, 0.25) is 5.02 Å². The van der Waals surface area contributed by atoms with Gasteiger partial charge in [0.2, 0.25) is 0 Å². The van der Waals surface area contributed by atoms with Crippen LogP contribution in [0, 0.1) is 0 Å². The molecule has 86 valence electrons. The average Bonchev–Trinajstić information content (AvgIpc) is 2.37. The van der Waals surface area contributed by atoms with Crippen molar-refractivity contribution >= 4 is 17.9 Å². The number of hydrogen-bond acceptors (Lipinski definition) is 3. The highest BCUT2D eigenvalue weighted by molar-refractivity contribution is 6.30. The summed E-state index contributed by atoms with van der Waals surface area (Å²) in [6.45, 7) is 0.419. The molecule has 0 aliphatic carbocycles. The van der Waals surface area contributed by atoms with E-state index in [1.165, 1.54) is 6.20 Å². The normalized spacial score (nSPS) is 9.94. The molecule has 0 aliphatic rings. The van der Waals surface area contributed by atoms with Crippen molar-refractivity contribution in [2.45, 2.75) is 6.61 Å². The van der Waals surface area contributed by atoms with E-state index in [2.05, 4.69) is 4.98 Å². The van der Waals surface area contributed by atoms with E-state index in [9.17, 15) is 4.79 Å². The fourth-order valence-corrected chi connectivity index (χ4v) is 1.55. The molecule has 0 bridgehead atoms. The molecule has 2 rings (SSSR count). The lowest BCUT2D eigenvalue weighted by molar-refractivity contribution is 0.111. The minimum absolute atomic E-state index is 0.389. The number of rotatable bonds is 4. The molecule has 0 saturated carbocycles. The van der Waals surface area contributed by atoms with Gasteiger partial charge >= 0.3 is 0 Å². The Morgan fingerprint density at radius 3 is 2.82 bits per heavy atom. The number of hydrogen-bond donors (Lipinski definition) is 0. The Balaban J connectivity index is 1.99. The fourth-order valence-electron chi connectivity index (χ4n) is 1.34. The second kappa shape index (κ2) is 5.46. The zero-order chi connectivity index (χ0) is 12.1. The van der Waals surface area contributed by atoms with Crippen LogP contribution in [0.25, 0.3) is 0 Å². The van der Waals surface area contributed by atoms with Crippen molar-refractivity contribution in [3.8, 4) is 5.75 Å². The van der Waals surface area contributed by atoms with Gasteiger partial charge in [0.25, 0.3) is 0 Å². The molecule has 0 fully saturated rings. The van der Waals surface area contributed by atoms with E-state index in [0.717, 1.165) is 5.56 Å². The molecule has 17 heavy (non-hydrogen) atoms. The number of carbonyl (C=O) groups is 1. The van der Waals surface area contributed by atoms with Crippen LogP contribution in [0.3, 0.4) is 0 Å². The molecule has 1 heterocycles. The molecular weight excluding hydrogens is 238 g/mol. The smallest absolute Gasteiger partial charge is 0.168 e. The molecule has 0 amide bonds. The van der Waals surface area contributed by atoms with Gasteiger partial charge in [0.05, 0.1) is 6.20 Å². The predicted molar refractivity (Wildman–Crippen MR) is 65.4 cm³/mol. The van der Waals surface area contributed by atoms with Crippen molar-refractivity contribution < 1.29 is 9.53 Å². The molecule has 0 aliphatic heterocycles. The number of pyridine rings is 1. The van der Waals surface area contributed by atoms with Gasteiger partial charge < -0.3 is 4.74 Å². The molecule has 0 spiro atoms. The Kier molecular flexibility index (Phi) is 3.73. The summed E-state index contributed by atoms with van der Waals surface area (Å²) in [4.78, 5) is 14.3. The van der Waals surface area contributed by atoms with Crippen molar-refractivity contribution in [3.05, 3.63) is 58.9 Å². The third kappa shape index (κ3) is 3.29. The first-order valence-electron chi connectivity index (χ1n) is 5.06. The van der Waals surface area contributed by atoms with Gasteiger partial charge in [0.15, 0.2) is 6.29 Å². The molecule has 3 nitrogen and oxygen atoms in total. The van der Waals surface area contributed by atoms with E-state index in [1.807, 2.05) is 24.3 Å². The molecule has 1 aromatic heterocycles. The largest absolute Gasteiger partial charge is 0.487 e. The summed E-state index contributed by atoms with van der Waals surface area (Å²) in [5.74, 6) is 0.621. The van der Waals surface area contributed by atoms with Gasteiger partial charge in [0, 0.05) is 5.02 Å². The Labute approximate surface area is 104 Å². The highest BCUT2D eigenvalue weighted by Crippen LogP contribution is 2.14. The van der Waals surface area contributed by atoms with Crippen LogP contribution in [-0.2, 0) is 6.61 Å². The summed E-state index contributed by atoms with van der Waals surface area (Å²) in [6, 6.07) is 10.8. The maximum Gasteiger partial charge on any atom is 0.168 e. The summed E-state index contributed by atoms with van der Waals surface area (Å²) < 4.78 is 5.51. The lowest BCUT2D eigenvalue weighted by atomic mass is 10.2. The minimum atomic E-state index is 0.389. The Morgan fingerprint density at radius 1 is 1.29 bits per heavy atom. The molecule has 4 heteroatoms. The highest BCUT2D eigenvalue weighted by atomic mass is 35.5. The third-order valence-corrected chi connectivity index (χ3v) is 2.41. The summed E-state index contributed by atoms with van der Waals surface area (Å²) in [6.07, 6.45) is 2.22. The van der Waals surface area contributed by atoms with Gasteiger partial charge in [0.1, 0.15) is 18.1 Å². The molecule has 2 aromatic rings. The monoisotopic (exact) mass is 247 g/mol. The molecular formula is C13H10ClNO2. The van der Waals surface area contributed by atoms with Gasteiger partial charge in [-0.2, -0.15) is 0 Å². The summed E-state index contributed by atoms with van der Waals surface area (Å²) in [5, 5.41) is 0.681. The molecule has 0 unspecified atom stereocenters. The van der Waals surface area contributed by atoms with E-state index in [0.29, 0.717) is 29.4 Å². The minimum Gasteiger partial charge on any atom is -0.487 e. The summed E-state index contributed by atoms with van der Waals surface area (Å²) in [5.41, 5.74) is 1.37. The predicted octanol–water partition coefficient (Wildman–Crippen LogP) is 3.13. The van der Waals surface area contributed by atoms with Crippen LogP contribution in [-0.4, -0.2) is 11.3 Å². The van der Waals surface area contributed by atoms with Gasteiger partial charge in [-0.25, -0.2) is 4.98 Å². The first-order chi connectivity index (χ1) is 8.28. The summed E-state index contributed by atoms with van der Waals surface area (Å²) in [7, 11) is 0. The zero-order valence-corrected chi connectivity index (χ0v) is 9.72. The maximum atomic E-state index is 10.4. The van der Waals surface area contributed by atoms with Crippen LogP contribution >= 0.6 is 11.6 Å². The van der Waals surface area contributed by atoms with Crippen molar-refractivity contribution in [2.24, 2.45) is 0 Å². The molecule has 0 saturated heterocycles. The molecule has 1 aromatic carbocycles. The van der Waals surface area contributed by atoms with Crippen LogP contribution in [0.5, 0.6) is 5.75 Å². The summed E-state index contributed by atoms with van der Waals surface area (Å²) >= 11 is 5.86. The first kappa shape index (κ1) is 11.6. The molecule has 0 atom stereocenters. The van der Waals surface area contributed by atoms with E-state index < -0.39 is 0 Å². The highest BCUT2D eigenvalue weighted by Gasteiger charge is 1.98.